The maximum absolute atomic E-state index is 12.7. The van der Waals surface area contributed by atoms with Crippen molar-refractivity contribution in [3.8, 4) is 0 Å². The quantitative estimate of drug-likeness (QED) is 0.478. The van der Waals surface area contributed by atoms with Gasteiger partial charge in [0.1, 0.15) is 6.29 Å². The van der Waals surface area contributed by atoms with Crippen LogP contribution in [0.1, 0.15) is 40.1 Å². The zero-order chi connectivity index (χ0) is 19.6. The Kier molecular flexibility index (Phi) is 5.38. The van der Waals surface area contributed by atoms with Crippen molar-refractivity contribution < 1.29 is 24.4 Å². The number of aldehydes is 1. The largest absolute Gasteiger partial charge is 0.489 e. The number of rotatable bonds is 5. The van der Waals surface area contributed by atoms with E-state index in [4.69, 9.17) is 0 Å². The Hall–Kier alpha value is -2.98. The molecule has 0 spiro atoms. The lowest BCUT2D eigenvalue weighted by molar-refractivity contribution is -0.114. The number of amides is 2. The molecule has 1 aliphatic rings. The van der Waals surface area contributed by atoms with E-state index in [1.165, 1.54) is 25.1 Å². The molecule has 27 heavy (non-hydrogen) atoms. The molecule has 1 aromatic carbocycles. The van der Waals surface area contributed by atoms with Crippen LogP contribution in [0.3, 0.4) is 0 Å². The van der Waals surface area contributed by atoms with Crippen LogP contribution in [0.25, 0.3) is 0 Å². The van der Waals surface area contributed by atoms with Gasteiger partial charge in [-0.3, -0.25) is 19.1 Å². The minimum atomic E-state index is -1.77. The highest BCUT2D eigenvalue weighted by Crippen LogP contribution is 2.23. The number of hydrogen-bond acceptors (Lipinski definition) is 6. The lowest BCUT2D eigenvalue weighted by atomic mass is 9.77. The van der Waals surface area contributed by atoms with Gasteiger partial charge in [0, 0.05) is 43.4 Å². The van der Waals surface area contributed by atoms with Crippen LogP contribution in [0.5, 0.6) is 0 Å². The monoisotopic (exact) mass is 370 g/mol. The zero-order valence-electron chi connectivity index (χ0n) is 14.7. The molecule has 2 heterocycles. The van der Waals surface area contributed by atoms with E-state index >= 15 is 0 Å². The third-order valence-electron chi connectivity index (χ3n) is 4.48. The third-order valence-corrected chi connectivity index (χ3v) is 4.48. The van der Waals surface area contributed by atoms with Crippen molar-refractivity contribution in [3.63, 3.8) is 0 Å². The van der Waals surface area contributed by atoms with Gasteiger partial charge in [0.25, 0.3) is 5.91 Å². The minimum Gasteiger partial charge on any atom is -0.423 e. The molecule has 2 amide bonds. The van der Waals surface area contributed by atoms with E-state index in [0.717, 1.165) is 0 Å². The average Bonchev–Trinajstić information content (AvgIpc) is 3.29. The van der Waals surface area contributed by atoms with Crippen molar-refractivity contribution in [3.05, 3.63) is 41.6 Å². The van der Waals surface area contributed by atoms with Gasteiger partial charge in [-0.2, -0.15) is 5.10 Å². The van der Waals surface area contributed by atoms with Crippen molar-refractivity contribution in [2.24, 2.45) is 0 Å². The van der Waals surface area contributed by atoms with Gasteiger partial charge in [-0.25, -0.2) is 0 Å². The molecule has 0 bridgehead atoms. The number of anilines is 1. The van der Waals surface area contributed by atoms with Crippen LogP contribution in [0.4, 0.5) is 5.82 Å². The van der Waals surface area contributed by atoms with E-state index in [1.807, 2.05) is 0 Å². The lowest BCUT2D eigenvalue weighted by Crippen LogP contribution is -2.34. The molecule has 140 valence electrons. The maximum atomic E-state index is 12.7. The first-order valence-corrected chi connectivity index (χ1v) is 8.46. The molecule has 1 aromatic heterocycles. The second-order valence-corrected chi connectivity index (χ2v) is 6.39. The van der Waals surface area contributed by atoms with E-state index in [9.17, 15) is 24.4 Å². The highest BCUT2D eigenvalue weighted by Gasteiger charge is 2.29. The van der Waals surface area contributed by atoms with Crippen molar-refractivity contribution in [2.75, 3.05) is 18.4 Å². The molecule has 1 fully saturated rings. The number of carbonyl (C=O) groups excluding carboxylic acids is 3. The van der Waals surface area contributed by atoms with Crippen LogP contribution < -0.4 is 10.8 Å². The first-order chi connectivity index (χ1) is 12.9. The highest BCUT2D eigenvalue weighted by molar-refractivity contribution is 6.60. The second kappa shape index (κ2) is 7.72. The predicted octanol–water partition coefficient (Wildman–Crippen LogP) is -0.579. The molecular formula is C17H19BN4O5. The minimum absolute atomic E-state index is 0.0134. The summed E-state index contributed by atoms with van der Waals surface area (Å²) in [5.41, 5.74) is 0.433. The van der Waals surface area contributed by atoms with Gasteiger partial charge in [0.05, 0.1) is 6.04 Å². The van der Waals surface area contributed by atoms with Crippen LogP contribution in [-0.4, -0.2) is 63.0 Å². The summed E-state index contributed by atoms with van der Waals surface area (Å²) >= 11 is 0. The summed E-state index contributed by atoms with van der Waals surface area (Å²) in [6, 6.07) is 5.88. The highest BCUT2D eigenvalue weighted by atomic mass is 16.4. The Bertz CT molecular complexity index is 882. The third kappa shape index (κ3) is 4.07. The first-order valence-electron chi connectivity index (χ1n) is 8.46. The molecule has 1 saturated heterocycles. The number of hydrogen-bond donors (Lipinski definition) is 3. The molecule has 3 N–H and O–H groups in total. The van der Waals surface area contributed by atoms with Gasteiger partial charge < -0.3 is 20.3 Å². The second-order valence-electron chi connectivity index (χ2n) is 6.39. The molecular weight excluding hydrogens is 351 g/mol. The van der Waals surface area contributed by atoms with Crippen molar-refractivity contribution in [1.82, 2.24) is 14.7 Å². The van der Waals surface area contributed by atoms with Gasteiger partial charge in [-0.15, -0.1) is 0 Å². The average molecular weight is 370 g/mol. The van der Waals surface area contributed by atoms with Crippen LogP contribution in [0, 0.1) is 0 Å². The van der Waals surface area contributed by atoms with Crippen LogP contribution in [-0.2, 0) is 4.79 Å². The number of likely N-dealkylation sites (tertiary alicyclic amines) is 1. The first kappa shape index (κ1) is 18.8. The molecule has 1 aliphatic heterocycles. The number of nitrogens with one attached hydrogen (secondary N) is 1. The zero-order valence-corrected chi connectivity index (χ0v) is 14.7. The van der Waals surface area contributed by atoms with Crippen molar-refractivity contribution in [1.29, 1.82) is 0 Å². The Balaban J connectivity index is 1.71. The molecule has 0 saturated carbocycles. The summed E-state index contributed by atoms with van der Waals surface area (Å²) in [6.07, 6.45) is 2.96. The molecule has 10 heteroatoms. The van der Waals surface area contributed by atoms with Gasteiger partial charge in [-0.1, -0.05) is 6.07 Å². The van der Waals surface area contributed by atoms with Crippen LogP contribution >= 0.6 is 0 Å². The summed E-state index contributed by atoms with van der Waals surface area (Å²) in [5.74, 6) is 0.0146. The molecule has 0 aliphatic carbocycles. The van der Waals surface area contributed by atoms with E-state index in [2.05, 4.69) is 10.4 Å². The van der Waals surface area contributed by atoms with Gasteiger partial charge in [-0.05, 0) is 24.0 Å². The lowest BCUT2D eigenvalue weighted by Gasteiger charge is -2.17. The standard InChI is InChI=1S/C17H19BN4O5/c1-11(24)19-16-5-7-22(20-16)14-4-6-21(9-14)17(25)12-2-3-15(18(26)27)13(8-12)10-23/h2-3,5,7-8,10,14,26-27H,4,6,9H2,1H3,(H,19,20,24). The SMILES string of the molecule is CC(=O)Nc1ccn(C2CCN(C(=O)c3ccc(B(O)O)c(C=O)c3)C2)n1. The van der Waals surface area contributed by atoms with Crippen molar-refractivity contribution in [2.45, 2.75) is 19.4 Å². The normalized spacial score (nSPS) is 16.3. The molecule has 3 rings (SSSR count). The van der Waals surface area contributed by atoms with Gasteiger partial charge in [0.15, 0.2) is 5.82 Å². The molecule has 1 atom stereocenters. The fourth-order valence-electron chi connectivity index (χ4n) is 3.16. The number of aromatic nitrogens is 2. The fourth-order valence-corrected chi connectivity index (χ4v) is 3.16. The topological polar surface area (TPSA) is 125 Å². The predicted molar refractivity (Wildman–Crippen MR) is 97.7 cm³/mol. The summed E-state index contributed by atoms with van der Waals surface area (Å²) < 4.78 is 1.72. The van der Waals surface area contributed by atoms with Gasteiger partial charge >= 0.3 is 7.12 Å². The number of carbonyl (C=O) groups is 3. The Labute approximate surface area is 155 Å². The Morgan fingerprint density at radius 2 is 2.11 bits per heavy atom. The van der Waals surface area contributed by atoms with E-state index in [0.29, 0.717) is 37.2 Å². The summed E-state index contributed by atoms with van der Waals surface area (Å²) in [4.78, 5) is 36.6. The van der Waals surface area contributed by atoms with Crippen LogP contribution in [0.15, 0.2) is 30.5 Å². The molecule has 1 unspecified atom stereocenters. The Morgan fingerprint density at radius 1 is 1.33 bits per heavy atom. The van der Waals surface area contributed by atoms with E-state index in [-0.39, 0.29) is 28.9 Å². The summed E-state index contributed by atoms with van der Waals surface area (Å²) in [7, 11) is -1.77. The van der Waals surface area contributed by atoms with E-state index < -0.39 is 7.12 Å². The van der Waals surface area contributed by atoms with E-state index in [1.54, 1.807) is 21.8 Å². The smallest absolute Gasteiger partial charge is 0.423 e. The summed E-state index contributed by atoms with van der Waals surface area (Å²) in [5, 5.41) is 25.4. The fraction of sp³-hybridized carbons (Fsp3) is 0.294. The van der Waals surface area contributed by atoms with Gasteiger partial charge in [0.2, 0.25) is 5.91 Å². The maximum Gasteiger partial charge on any atom is 0.489 e. The number of nitrogens with zero attached hydrogens (tertiary/aromatic N) is 3. The van der Waals surface area contributed by atoms with Crippen LogP contribution in [0.2, 0.25) is 0 Å². The molecule has 2 aromatic rings. The molecule has 9 nitrogen and oxygen atoms in total. The molecule has 0 radical (unpaired) electrons. The summed E-state index contributed by atoms with van der Waals surface area (Å²) in [6.45, 7) is 2.38. The van der Waals surface area contributed by atoms with Crippen molar-refractivity contribution >= 4 is 36.5 Å². The number of benzene rings is 1. The Morgan fingerprint density at radius 3 is 2.78 bits per heavy atom.